The highest BCUT2D eigenvalue weighted by Gasteiger charge is 2.09. The van der Waals surface area contributed by atoms with E-state index in [1.807, 2.05) is 12.1 Å². The molecule has 0 bridgehead atoms. The van der Waals surface area contributed by atoms with Crippen LogP contribution in [-0.2, 0) is 16.1 Å². The molecule has 0 aliphatic rings. The number of nitrogens with one attached hydrogen (secondary N) is 2. The van der Waals surface area contributed by atoms with Crippen molar-refractivity contribution in [3.63, 3.8) is 0 Å². The maximum Gasteiger partial charge on any atom is 0.337 e. The summed E-state index contributed by atoms with van der Waals surface area (Å²) in [6, 6.07) is 13.3. The van der Waals surface area contributed by atoms with Crippen LogP contribution < -0.4 is 10.6 Å². The van der Waals surface area contributed by atoms with Gasteiger partial charge in [-0.1, -0.05) is 12.1 Å². The van der Waals surface area contributed by atoms with Gasteiger partial charge in [-0.3, -0.25) is 9.59 Å². The molecule has 2 N–H and O–H groups in total. The molecule has 2 aromatic carbocycles. The van der Waals surface area contributed by atoms with E-state index in [-0.39, 0.29) is 5.91 Å². The molecule has 0 saturated heterocycles. The number of carbonyl (C=O) groups excluding carboxylic acids is 3. The fourth-order valence-electron chi connectivity index (χ4n) is 1.94. The van der Waals surface area contributed by atoms with E-state index in [2.05, 4.69) is 15.4 Å². The van der Waals surface area contributed by atoms with E-state index in [0.29, 0.717) is 29.8 Å². The second-order valence-electron chi connectivity index (χ2n) is 4.72. The Labute approximate surface area is 133 Å². The molecule has 2 rings (SSSR count). The minimum Gasteiger partial charge on any atom is -0.465 e. The van der Waals surface area contributed by atoms with Crippen LogP contribution in [0.4, 0.5) is 5.69 Å². The number of hydrogen-bond acceptors (Lipinski definition) is 4. The molecular formula is C17H16N2O4. The van der Waals surface area contributed by atoms with Crippen LogP contribution in [0.2, 0.25) is 0 Å². The number of esters is 1. The average molecular weight is 312 g/mol. The Morgan fingerprint density at radius 3 is 2.17 bits per heavy atom. The predicted octanol–water partition coefficient (Wildman–Crippen LogP) is 1.97. The van der Waals surface area contributed by atoms with E-state index in [9.17, 15) is 14.4 Å². The van der Waals surface area contributed by atoms with Gasteiger partial charge in [0.15, 0.2) is 0 Å². The minimum absolute atomic E-state index is 0.278. The summed E-state index contributed by atoms with van der Waals surface area (Å²) in [5.41, 5.74) is 2.39. The third-order valence-electron chi connectivity index (χ3n) is 3.17. The van der Waals surface area contributed by atoms with E-state index in [1.54, 1.807) is 24.3 Å². The van der Waals surface area contributed by atoms with E-state index >= 15 is 0 Å². The van der Waals surface area contributed by atoms with Gasteiger partial charge in [0.2, 0.25) is 6.41 Å². The number of methoxy groups -OCH3 is 1. The van der Waals surface area contributed by atoms with Crippen LogP contribution in [0.1, 0.15) is 26.3 Å². The SMILES string of the molecule is COC(=O)c1ccc(C(=O)Nc2ccc(CNC=O)cc2)cc1. The highest BCUT2D eigenvalue weighted by molar-refractivity contribution is 6.04. The summed E-state index contributed by atoms with van der Waals surface area (Å²) in [4.78, 5) is 33.7. The van der Waals surface area contributed by atoms with Gasteiger partial charge in [-0.25, -0.2) is 4.79 Å². The topological polar surface area (TPSA) is 84.5 Å². The predicted molar refractivity (Wildman–Crippen MR) is 85.1 cm³/mol. The Hall–Kier alpha value is -3.15. The Bertz CT molecular complexity index is 694. The van der Waals surface area contributed by atoms with E-state index in [4.69, 9.17) is 0 Å². The van der Waals surface area contributed by atoms with Crippen molar-refractivity contribution in [2.75, 3.05) is 12.4 Å². The molecule has 6 nitrogen and oxygen atoms in total. The van der Waals surface area contributed by atoms with Gasteiger partial charge in [0, 0.05) is 17.8 Å². The van der Waals surface area contributed by atoms with Crippen molar-refractivity contribution in [2.24, 2.45) is 0 Å². The standard InChI is InChI=1S/C17H16N2O4/c1-23-17(22)14-6-4-13(5-7-14)16(21)19-15-8-2-12(3-9-15)10-18-11-20/h2-9,11H,10H2,1H3,(H,18,20)(H,19,21). The summed E-state index contributed by atoms with van der Waals surface area (Å²) in [7, 11) is 1.30. The van der Waals surface area contributed by atoms with Gasteiger partial charge >= 0.3 is 5.97 Å². The van der Waals surface area contributed by atoms with Crippen molar-refractivity contribution < 1.29 is 19.1 Å². The van der Waals surface area contributed by atoms with Crippen molar-refractivity contribution in [3.05, 3.63) is 65.2 Å². The van der Waals surface area contributed by atoms with Crippen LogP contribution in [0.15, 0.2) is 48.5 Å². The molecule has 0 radical (unpaired) electrons. The molecule has 0 spiro atoms. The molecule has 6 heteroatoms. The molecule has 0 heterocycles. The number of benzene rings is 2. The van der Waals surface area contributed by atoms with Gasteiger partial charge in [-0.15, -0.1) is 0 Å². The first-order valence-electron chi connectivity index (χ1n) is 6.89. The number of anilines is 1. The second kappa shape index (κ2) is 7.74. The third-order valence-corrected chi connectivity index (χ3v) is 3.17. The first-order valence-corrected chi connectivity index (χ1v) is 6.89. The third kappa shape index (κ3) is 4.41. The molecule has 2 aromatic rings. The monoisotopic (exact) mass is 312 g/mol. The molecule has 23 heavy (non-hydrogen) atoms. The number of amides is 2. The Morgan fingerprint density at radius 1 is 1.00 bits per heavy atom. The smallest absolute Gasteiger partial charge is 0.337 e. The fourth-order valence-corrected chi connectivity index (χ4v) is 1.94. The van der Waals surface area contributed by atoms with Crippen molar-refractivity contribution in [1.82, 2.24) is 5.32 Å². The second-order valence-corrected chi connectivity index (χ2v) is 4.72. The zero-order valence-electron chi connectivity index (χ0n) is 12.5. The maximum atomic E-state index is 12.1. The molecule has 0 aliphatic heterocycles. The molecule has 0 saturated carbocycles. The highest BCUT2D eigenvalue weighted by Crippen LogP contribution is 2.12. The lowest BCUT2D eigenvalue weighted by atomic mass is 10.1. The van der Waals surface area contributed by atoms with Gasteiger partial charge in [0.1, 0.15) is 0 Å². The van der Waals surface area contributed by atoms with Gasteiger partial charge in [0.25, 0.3) is 5.91 Å². The molecular weight excluding hydrogens is 296 g/mol. The lowest BCUT2D eigenvalue weighted by Crippen LogP contribution is -2.13. The first-order chi connectivity index (χ1) is 11.1. The van der Waals surface area contributed by atoms with Crippen LogP contribution in [-0.4, -0.2) is 25.4 Å². The number of rotatable bonds is 6. The zero-order valence-corrected chi connectivity index (χ0v) is 12.5. The summed E-state index contributed by atoms with van der Waals surface area (Å²) in [6.45, 7) is 0.437. The summed E-state index contributed by atoms with van der Waals surface area (Å²) in [6.07, 6.45) is 0.633. The van der Waals surface area contributed by atoms with Crippen molar-refractivity contribution in [1.29, 1.82) is 0 Å². The van der Waals surface area contributed by atoms with Crippen LogP contribution in [0.25, 0.3) is 0 Å². The molecule has 0 atom stereocenters. The van der Waals surface area contributed by atoms with E-state index in [0.717, 1.165) is 5.56 Å². The molecule has 0 fully saturated rings. The maximum absolute atomic E-state index is 12.1. The molecule has 0 aromatic heterocycles. The Morgan fingerprint density at radius 2 is 1.61 bits per heavy atom. The molecule has 118 valence electrons. The van der Waals surface area contributed by atoms with Crippen LogP contribution in [0.3, 0.4) is 0 Å². The minimum atomic E-state index is -0.448. The van der Waals surface area contributed by atoms with Gasteiger partial charge in [-0.05, 0) is 42.0 Å². The molecule has 0 aliphatic carbocycles. The van der Waals surface area contributed by atoms with Crippen LogP contribution in [0, 0.1) is 0 Å². The Balaban J connectivity index is 2.01. The number of hydrogen-bond donors (Lipinski definition) is 2. The van der Waals surface area contributed by atoms with Gasteiger partial charge in [0.05, 0.1) is 12.7 Å². The summed E-state index contributed by atoms with van der Waals surface area (Å²) >= 11 is 0. The van der Waals surface area contributed by atoms with E-state index in [1.165, 1.54) is 19.2 Å². The largest absolute Gasteiger partial charge is 0.465 e. The normalized spacial score (nSPS) is 9.78. The first kappa shape index (κ1) is 16.2. The quantitative estimate of drug-likeness (QED) is 0.631. The average Bonchev–Trinajstić information content (AvgIpc) is 2.60. The molecule has 0 unspecified atom stereocenters. The zero-order chi connectivity index (χ0) is 16.7. The number of ether oxygens (including phenoxy) is 1. The van der Waals surface area contributed by atoms with Crippen molar-refractivity contribution in [3.8, 4) is 0 Å². The van der Waals surface area contributed by atoms with E-state index < -0.39 is 5.97 Å². The Kier molecular flexibility index (Phi) is 5.46. The summed E-state index contributed by atoms with van der Waals surface area (Å²) in [5.74, 6) is -0.725. The van der Waals surface area contributed by atoms with Gasteiger partial charge in [-0.2, -0.15) is 0 Å². The lowest BCUT2D eigenvalue weighted by Gasteiger charge is -2.07. The van der Waals surface area contributed by atoms with Gasteiger partial charge < -0.3 is 15.4 Å². The highest BCUT2D eigenvalue weighted by atomic mass is 16.5. The summed E-state index contributed by atoms with van der Waals surface area (Å²) < 4.78 is 4.61. The number of carbonyl (C=O) groups is 3. The molecule has 2 amide bonds. The fraction of sp³-hybridized carbons (Fsp3) is 0.118. The van der Waals surface area contributed by atoms with Crippen LogP contribution >= 0.6 is 0 Å². The summed E-state index contributed by atoms with van der Waals surface area (Å²) in [5, 5.41) is 5.32. The van der Waals surface area contributed by atoms with Crippen molar-refractivity contribution >= 4 is 24.0 Å². The van der Waals surface area contributed by atoms with Crippen molar-refractivity contribution in [2.45, 2.75) is 6.54 Å². The lowest BCUT2D eigenvalue weighted by molar-refractivity contribution is -0.109. The van der Waals surface area contributed by atoms with Crippen LogP contribution in [0.5, 0.6) is 0 Å².